The second-order valence-corrected chi connectivity index (χ2v) is 24.5. The quantitative estimate of drug-likeness (QED) is 0.153. The topological polar surface area (TPSA) is 19.4 Å². The van der Waals surface area contributed by atoms with Crippen LogP contribution >= 0.6 is 0 Å². The molecule has 0 spiro atoms. The van der Waals surface area contributed by atoms with Gasteiger partial charge in [0.05, 0.1) is 11.1 Å². The Morgan fingerprint density at radius 2 is 0.506 bits per heavy atom. The van der Waals surface area contributed by atoms with Gasteiger partial charge < -0.3 is 0 Å². The fourth-order valence-corrected chi connectivity index (χ4v) is 11.7. The van der Waals surface area contributed by atoms with Gasteiger partial charge in [0.25, 0.3) is 0 Å². The van der Waals surface area contributed by atoms with Gasteiger partial charge in [0.15, 0.2) is 28.5 Å². The molecule has 0 aliphatic rings. The van der Waals surface area contributed by atoms with Crippen molar-refractivity contribution in [2.24, 2.45) is 35.2 Å². The Morgan fingerprint density at radius 1 is 0.212 bits per heavy atom. The zero-order valence-electron chi connectivity index (χ0n) is 56.7. The molecule has 0 radical (unpaired) electrons. The molecule has 5 heteroatoms. The van der Waals surface area contributed by atoms with Crippen molar-refractivity contribution >= 4 is 0 Å². The predicted octanol–water partition coefficient (Wildman–Crippen LogP) is 17.1. The van der Waals surface area contributed by atoms with Crippen LogP contribution in [0.1, 0.15) is 112 Å². The van der Waals surface area contributed by atoms with Crippen molar-refractivity contribution in [1.29, 1.82) is 0 Å². The highest BCUT2D eigenvalue weighted by atomic mass is 15.0. The third-order valence-corrected chi connectivity index (χ3v) is 17.2. The first kappa shape index (κ1) is 66.0. The molecule has 0 aliphatic heterocycles. The van der Waals surface area contributed by atoms with Gasteiger partial charge in [0.2, 0.25) is 28.5 Å². The first-order valence-corrected chi connectivity index (χ1v) is 30.2. The summed E-state index contributed by atoms with van der Waals surface area (Å²) < 4.78 is 11.3. The summed E-state index contributed by atoms with van der Waals surface area (Å²) in [6.45, 7) is 43.3. The lowest BCUT2D eigenvalue weighted by atomic mass is 9.98. The highest BCUT2D eigenvalue weighted by molar-refractivity contribution is 5.68. The summed E-state index contributed by atoms with van der Waals surface area (Å²) in [6, 6.07) is 55.0. The van der Waals surface area contributed by atoms with Crippen LogP contribution in [0.4, 0.5) is 0 Å². The average molecular weight is 1130 g/mol. The van der Waals surface area contributed by atoms with Gasteiger partial charge in [0.1, 0.15) is 35.2 Å². The smallest absolute Gasteiger partial charge is 0.199 e. The molecule has 0 fully saturated rings. The van der Waals surface area contributed by atoms with Gasteiger partial charge in [-0.3, -0.25) is 0 Å². The van der Waals surface area contributed by atoms with Crippen molar-refractivity contribution in [3.8, 4) is 56.3 Å². The summed E-state index contributed by atoms with van der Waals surface area (Å²) in [4.78, 5) is 0. The van der Waals surface area contributed by atoms with E-state index in [4.69, 9.17) is 0 Å². The number of aryl methyl sites for hydroxylation is 19. The lowest BCUT2D eigenvalue weighted by Gasteiger charge is -2.10. The van der Waals surface area contributed by atoms with E-state index in [0.29, 0.717) is 0 Å². The lowest BCUT2D eigenvalue weighted by Crippen LogP contribution is -2.36. The molecule has 0 saturated heterocycles. The Hall–Kier alpha value is -8.15. The molecule has 0 atom stereocenters. The predicted molar refractivity (Wildman–Crippen MR) is 360 cm³/mol. The average Bonchev–Trinajstić information content (AvgIpc) is 2.78. The molecule has 5 heterocycles. The maximum atomic E-state index is 2.28. The lowest BCUT2D eigenvalue weighted by molar-refractivity contribution is -0.667. The first-order valence-electron chi connectivity index (χ1n) is 30.2. The van der Waals surface area contributed by atoms with Crippen molar-refractivity contribution in [3.05, 3.63) is 264 Å². The first-order chi connectivity index (χ1) is 40.0. The van der Waals surface area contributed by atoms with E-state index in [1.54, 1.807) is 0 Å². The summed E-state index contributed by atoms with van der Waals surface area (Å²) in [6.07, 6.45) is 0. The van der Waals surface area contributed by atoms with Crippen LogP contribution in [-0.4, -0.2) is 0 Å². The Morgan fingerprint density at radius 3 is 0.859 bits per heavy atom. The maximum Gasteiger partial charge on any atom is 0.215 e. The minimum Gasteiger partial charge on any atom is -0.199 e. The standard InChI is InChI=1S/5C16H20N/c2*1-11-6-7-13(3)15(9-11)16-10-12(2)8-14(4)17(16)5;2*1-11-9-14(4)17(5)15(10-11)16-12(2)7-6-8-13(16)3;1-11-8-6-7-9-15(11)16-14(4)12(2)10-13(3)17(16)5/h5*6-10H,1-5H3/q5*+1. The van der Waals surface area contributed by atoms with Crippen LogP contribution in [0.25, 0.3) is 56.3 Å². The summed E-state index contributed by atoms with van der Waals surface area (Å²) >= 11 is 0. The number of hydrogen-bond acceptors (Lipinski definition) is 0. The SMILES string of the molecule is Cc1cc(C)[n+](C)c(-c2c(C)cccc2C)c1.Cc1cc(C)[n+](C)c(-c2c(C)cccc2C)c1.Cc1ccc(C)c(-c2cc(C)cc(C)[n+]2C)c1.Cc1ccc(C)c(-c2cc(C)cc(C)[n+]2C)c1.Cc1ccccc1-c1c(C)c(C)cc(C)[n+]1C. The van der Waals surface area contributed by atoms with Gasteiger partial charge in [-0.25, -0.2) is 0 Å². The Kier molecular flexibility index (Phi) is 22.2. The number of benzene rings is 5. The largest absolute Gasteiger partial charge is 0.215 e. The van der Waals surface area contributed by atoms with Crippen LogP contribution in [0.15, 0.2) is 152 Å². The van der Waals surface area contributed by atoms with Crippen molar-refractivity contribution in [2.45, 2.75) is 138 Å². The summed E-state index contributed by atoms with van der Waals surface area (Å²) in [7, 11) is 10.7. The number of nitrogens with zero attached hydrogens (tertiary/aromatic N) is 5. The van der Waals surface area contributed by atoms with E-state index in [2.05, 4.69) is 348 Å². The van der Waals surface area contributed by atoms with E-state index >= 15 is 0 Å². The summed E-state index contributed by atoms with van der Waals surface area (Å²) in [5, 5.41) is 0. The zero-order valence-corrected chi connectivity index (χ0v) is 56.7. The molecular formula is C80H100N5+5. The van der Waals surface area contributed by atoms with Crippen LogP contribution in [0.2, 0.25) is 0 Å². The normalized spacial score (nSPS) is 10.6. The molecule has 0 saturated carbocycles. The summed E-state index contributed by atoms with van der Waals surface area (Å²) in [5.41, 5.74) is 39.7. The molecule has 0 amide bonds. The van der Waals surface area contributed by atoms with E-state index in [9.17, 15) is 0 Å². The minimum absolute atomic E-state index is 1.29. The van der Waals surface area contributed by atoms with E-state index in [0.717, 1.165) is 0 Å². The highest BCUT2D eigenvalue weighted by Gasteiger charge is 2.22. The van der Waals surface area contributed by atoms with Gasteiger partial charge in [-0.05, 0) is 189 Å². The Balaban J connectivity index is 0.000000170. The molecule has 85 heavy (non-hydrogen) atoms. The monoisotopic (exact) mass is 1130 g/mol. The van der Waals surface area contributed by atoms with E-state index in [1.165, 1.54) is 168 Å². The van der Waals surface area contributed by atoms with E-state index in [1.807, 2.05) is 0 Å². The second-order valence-electron chi connectivity index (χ2n) is 24.5. The van der Waals surface area contributed by atoms with Crippen LogP contribution in [0, 0.1) is 138 Å². The Labute approximate surface area is 513 Å². The minimum atomic E-state index is 1.29. The summed E-state index contributed by atoms with van der Waals surface area (Å²) in [5.74, 6) is 0. The molecule has 10 rings (SSSR count). The van der Waals surface area contributed by atoms with Gasteiger partial charge in [0, 0.05) is 111 Å². The molecule has 5 aromatic heterocycles. The fourth-order valence-electron chi connectivity index (χ4n) is 11.7. The maximum absolute atomic E-state index is 2.28. The van der Waals surface area contributed by atoms with Gasteiger partial charge >= 0.3 is 0 Å². The number of rotatable bonds is 5. The van der Waals surface area contributed by atoms with Crippen LogP contribution in [0.3, 0.4) is 0 Å². The van der Waals surface area contributed by atoms with E-state index < -0.39 is 0 Å². The Bertz CT molecular complexity index is 3780. The molecule has 10 aromatic rings. The fraction of sp³-hybridized carbons (Fsp3) is 0.312. The van der Waals surface area contributed by atoms with Gasteiger partial charge in [-0.15, -0.1) is 0 Å². The molecule has 0 unspecified atom stereocenters. The molecule has 5 aromatic carbocycles. The van der Waals surface area contributed by atoms with Crippen molar-refractivity contribution < 1.29 is 22.8 Å². The number of pyridine rings is 5. The molecule has 0 N–H and O–H groups in total. The number of hydrogen-bond donors (Lipinski definition) is 0. The van der Waals surface area contributed by atoms with Crippen LogP contribution < -0.4 is 22.8 Å². The third kappa shape index (κ3) is 16.0. The molecule has 440 valence electrons. The van der Waals surface area contributed by atoms with Crippen molar-refractivity contribution in [2.75, 3.05) is 0 Å². The van der Waals surface area contributed by atoms with E-state index in [-0.39, 0.29) is 0 Å². The molecule has 0 aliphatic carbocycles. The number of aromatic nitrogens is 5. The molecular weight excluding hydrogens is 1030 g/mol. The molecule has 0 bridgehead atoms. The van der Waals surface area contributed by atoms with Crippen LogP contribution in [0.5, 0.6) is 0 Å². The van der Waals surface area contributed by atoms with Crippen molar-refractivity contribution in [1.82, 2.24) is 0 Å². The molecule has 5 nitrogen and oxygen atoms in total. The third-order valence-electron chi connectivity index (χ3n) is 17.2. The van der Waals surface area contributed by atoms with Crippen LogP contribution in [-0.2, 0) is 35.2 Å². The zero-order chi connectivity index (χ0) is 62.9. The van der Waals surface area contributed by atoms with Gasteiger partial charge in [-0.1, -0.05) is 90.0 Å². The van der Waals surface area contributed by atoms with Gasteiger partial charge in [-0.2, -0.15) is 22.8 Å². The second kappa shape index (κ2) is 28.6. The van der Waals surface area contributed by atoms with Crippen molar-refractivity contribution in [3.63, 3.8) is 0 Å². The highest BCUT2D eigenvalue weighted by Crippen LogP contribution is 2.29.